The number of furan rings is 1. The van der Waals surface area contributed by atoms with Crippen LogP contribution >= 0.6 is 0 Å². The molecule has 3 aromatic heterocycles. The number of likely N-dealkylation sites (tertiary alicyclic amines) is 1. The Morgan fingerprint density at radius 1 is 1.26 bits per heavy atom. The second-order valence-corrected chi connectivity index (χ2v) is 5.35. The molecule has 7 nitrogen and oxygen atoms in total. The van der Waals surface area contributed by atoms with Gasteiger partial charge in [0, 0.05) is 24.4 Å². The molecular weight excluding hydrogens is 296 g/mol. The van der Waals surface area contributed by atoms with Gasteiger partial charge in [-0.3, -0.25) is 9.78 Å². The summed E-state index contributed by atoms with van der Waals surface area (Å²) < 4.78 is 10.7. The summed E-state index contributed by atoms with van der Waals surface area (Å²) in [6.07, 6.45) is 6.08. The number of nitrogens with zero attached hydrogens (tertiary/aromatic N) is 4. The zero-order chi connectivity index (χ0) is 15.6. The van der Waals surface area contributed by atoms with Gasteiger partial charge in [0.25, 0.3) is 0 Å². The fraction of sp³-hybridized carbons (Fsp3) is 0.250. The topological polar surface area (TPSA) is 85.3 Å². The van der Waals surface area contributed by atoms with E-state index in [9.17, 15) is 4.79 Å². The molecule has 0 bridgehead atoms. The molecule has 0 aliphatic carbocycles. The van der Waals surface area contributed by atoms with Crippen molar-refractivity contribution in [3.8, 4) is 11.4 Å². The lowest BCUT2D eigenvalue weighted by molar-refractivity contribution is -0.130. The Balaban J connectivity index is 1.59. The summed E-state index contributed by atoms with van der Waals surface area (Å²) in [7, 11) is 0. The number of hydrogen-bond acceptors (Lipinski definition) is 6. The Morgan fingerprint density at radius 3 is 2.91 bits per heavy atom. The average molecular weight is 310 g/mol. The van der Waals surface area contributed by atoms with Gasteiger partial charge in [-0.2, -0.15) is 4.98 Å². The highest BCUT2D eigenvalue weighted by atomic mass is 16.5. The quantitative estimate of drug-likeness (QED) is 0.736. The molecule has 0 spiro atoms. The van der Waals surface area contributed by atoms with E-state index in [-0.39, 0.29) is 11.9 Å². The minimum atomic E-state index is -0.212. The second-order valence-electron chi connectivity index (χ2n) is 5.35. The molecule has 0 N–H and O–H groups in total. The van der Waals surface area contributed by atoms with E-state index in [2.05, 4.69) is 15.1 Å². The molecule has 0 saturated carbocycles. The van der Waals surface area contributed by atoms with E-state index in [1.807, 2.05) is 18.2 Å². The summed E-state index contributed by atoms with van der Waals surface area (Å²) in [6, 6.07) is 7.07. The van der Waals surface area contributed by atoms with Crippen LogP contribution in [-0.2, 0) is 11.3 Å². The minimum Gasteiger partial charge on any atom is -0.467 e. The highest BCUT2D eigenvalue weighted by molar-refractivity contribution is 5.78. The lowest BCUT2D eigenvalue weighted by Gasteiger charge is -2.20. The first-order chi connectivity index (χ1) is 11.3. The van der Waals surface area contributed by atoms with Crippen LogP contribution in [0.15, 0.2) is 51.9 Å². The summed E-state index contributed by atoms with van der Waals surface area (Å²) >= 11 is 0. The molecule has 116 valence electrons. The van der Waals surface area contributed by atoms with Crippen molar-refractivity contribution in [2.45, 2.75) is 25.4 Å². The molecule has 4 heterocycles. The zero-order valence-electron chi connectivity index (χ0n) is 12.3. The SMILES string of the molecule is O=C1CCC(c2nc(-c3ccncc3)no2)N1Cc1ccco1. The summed E-state index contributed by atoms with van der Waals surface area (Å²) in [5, 5.41) is 4.01. The maximum absolute atomic E-state index is 12.1. The molecule has 1 fully saturated rings. The van der Waals surface area contributed by atoms with Crippen molar-refractivity contribution in [1.29, 1.82) is 0 Å². The summed E-state index contributed by atoms with van der Waals surface area (Å²) in [6.45, 7) is 0.406. The molecule has 1 saturated heterocycles. The van der Waals surface area contributed by atoms with Gasteiger partial charge in [-0.25, -0.2) is 0 Å². The Labute approximate surface area is 131 Å². The van der Waals surface area contributed by atoms with E-state index < -0.39 is 0 Å². The first-order valence-corrected chi connectivity index (χ1v) is 7.37. The summed E-state index contributed by atoms with van der Waals surface area (Å²) in [4.78, 5) is 22.3. The zero-order valence-corrected chi connectivity index (χ0v) is 12.3. The molecule has 4 rings (SSSR count). The lowest BCUT2D eigenvalue weighted by Crippen LogP contribution is -2.27. The van der Waals surface area contributed by atoms with Crippen molar-refractivity contribution in [2.75, 3.05) is 0 Å². The molecule has 1 atom stereocenters. The smallest absolute Gasteiger partial charge is 0.249 e. The van der Waals surface area contributed by atoms with E-state index >= 15 is 0 Å². The van der Waals surface area contributed by atoms with Crippen LogP contribution in [0.2, 0.25) is 0 Å². The molecule has 1 aliphatic heterocycles. The van der Waals surface area contributed by atoms with Gasteiger partial charge in [-0.15, -0.1) is 0 Å². The molecule has 0 aromatic carbocycles. The molecular formula is C16H14N4O3. The van der Waals surface area contributed by atoms with E-state index in [0.717, 1.165) is 11.3 Å². The van der Waals surface area contributed by atoms with E-state index in [0.29, 0.717) is 31.1 Å². The molecule has 1 unspecified atom stereocenters. The van der Waals surface area contributed by atoms with E-state index in [1.54, 1.807) is 29.6 Å². The van der Waals surface area contributed by atoms with Crippen molar-refractivity contribution in [2.24, 2.45) is 0 Å². The Morgan fingerprint density at radius 2 is 2.13 bits per heavy atom. The number of rotatable bonds is 4. The van der Waals surface area contributed by atoms with Crippen molar-refractivity contribution in [1.82, 2.24) is 20.0 Å². The summed E-state index contributed by atoms with van der Waals surface area (Å²) in [5.74, 6) is 1.75. The van der Waals surface area contributed by atoms with Gasteiger partial charge in [0.15, 0.2) is 0 Å². The molecule has 23 heavy (non-hydrogen) atoms. The van der Waals surface area contributed by atoms with Gasteiger partial charge in [0.2, 0.25) is 17.6 Å². The van der Waals surface area contributed by atoms with Gasteiger partial charge in [0.05, 0.1) is 12.8 Å². The van der Waals surface area contributed by atoms with Gasteiger partial charge >= 0.3 is 0 Å². The van der Waals surface area contributed by atoms with Crippen molar-refractivity contribution in [3.05, 3.63) is 54.6 Å². The normalized spacial score (nSPS) is 17.8. The number of carbonyl (C=O) groups excluding carboxylic acids is 1. The van der Waals surface area contributed by atoms with Crippen molar-refractivity contribution >= 4 is 5.91 Å². The molecule has 1 aliphatic rings. The maximum atomic E-state index is 12.1. The van der Waals surface area contributed by atoms with Crippen LogP contribution in [0.4, 0.5) is 0 Å². The maximum Gasteiger partial charge on any atom is 0.249 e. The summed E-state index contributed by atoms with van der Waals surface area (Å²) in [5.41, 5.74) is 0.830. The predicted molar refractivity (Wildman–Crippen MR) is 78.8 cm³/mol. The standard InChI is InChI=1S/C16H14N4O3/c21-14-4-3-13(20(14)10-12-2-1-9-22-12)16-18-15(19-23-16)11-5-7-17-8-6-11/h1-2,5-9,13H,3-4,10H2. The van der Waals surface area contributed by atoms with Crippen LogP contribution in [0.1, 0.15) is 30.5 Å². The first kappa shape index (κ1) is 13.7. The van der Waals surface area contributed by atoms with Crippen molar-refractivity contribution in [3.63, 3.8) is 0 Å². The number of hydrogen-bond donors (Lipinski definition) is 0. The predicted octanol–water partition coefficient (Wildman–Crippen LogP) is 2.59. The van der Waals surface area contributed by atoms with Gasteiger partial charge < -0.3 is 13.8 Å². The molecule has 7 heteroatoms. The third-order valence-electron chi connectivity index (χ3n) is 3.90. The molecule has 0 radical (unpaired) electrons. The Bertz CT molecular complexity index is 798. The van der Waals surface area contributed by atoms with Crippen LogP contribution in [0.5, 0.6) is 0 Å². The second kappa shape index (κ2) is 5.68. The fourth-order valence-electron chi connectivity index (χ4n) is 2.75. The monoisotopic (exact) mass is 310 g/mol. The highest BCUT2D eigenvalue weighted by Crippen LogP contribution is 2.34. The van der Waals surface area contributed by atoms with E-state index in [4.69, 9.17) is 8.94 Å². The Kier molecular flexibility index (Phi) is 3.38. The van der Waals surface area contributed by atoms with Crippen LogP contribution in [0.3, 0.4) is 0 Å². The van der Waals surface area contributed by atoms with Crippen LogP contribution in [0, 0.1) is 0 Å². The van der Waals surface area contributed by atoms with Gasteiger partial charge in [0.1, 0.15) is 11.8 Å². The molecule has 1 amide bonds. The number of pyridine rings is 1. The van der Waals surface area contributed by atoms with Gasteiger partial charge in [-0.05, 0) is 30.7 Å². The highest BCUT2D eigenvalue weighted by Gasteiger charge is 2.36. The fourth-order valence-corrected chi connectivity index (χ4v) is 2.75. The molecule has 3 aromatic rings. The average Bonchev–Trinajstić information content (AvgIpc) is 3.31. The third kappa shape index (κ3) is 2.61. The minimum absolute atomic E-state index is 0.0649. The number of amides is 1. The third-order valence-corrected chi connectivity index (χ3v) is 3.90. The van der Waals surface area contributed by atoms with E-state index in [1.165, 1.54) is 0 Å². The van der Waals surface area contributed by atoms with Crippen LogP contribution < -0.4 is 0 Å². The lowest BCUT2D eigenvalue weighted by atomic mass is 10.2. The number of carbonyl (C=O) groups is 1. The number of aromatic nitrogens is 3. The first-order valence-electron chi connectivity index (χ1n) is 7.37. The van der Waals surface area contributed by atoms with Crippen LogP contribution in [0.25, 0.3) is 11.4 Å². The van der Waals surface area contributed by atoms with Crippen LogP contribution in [-0.4, -0.2) is 25.9 Å². The van der Waals surface area contributed by atoms with Crippen molar-refractivity contribution < 1.29 is 13.7 Å². The van der Waals surface area contributed by atoms with Gasteiger partial charge in [-0.1, -0.05) is 5.16 Å². The largest absolute Gasteiger partial charge is 0.467 e. The Hall–Kier alpha value is -2.96.